The average Bonchev–Trinajstić information content (AvgIpc) is 3.67. The van der Waals surface area contributed by atoms with Crippen LogP contribution in [-0.4, -0.2) is 67.7 Å². The molecule has 0 aliphatic carbocycles. The Morgan fingerprint density at radius 1 is 1.21 bits per heavy atom. The van der Waals surface area contributed by atoms with Gasteiger partial charge in [0.1, 0.15) is 34.6 Å². The third-order valence-electron chi connectivity index (χ3n) is 7.47. The fourth-order valence-corrected chi connectivity index (χ4v) is 5.39. The third kappa shape index (κ3) is 5.96. The first kappa shape index (κ1) is 29.5. The second kappa shape index (κ2) is 12.5. The molecule has 0 saturated carbocycles. The molecule has 222 valence electrons. The van der Waals surface area contributed by atoms with Crippen LogP contribution >= 0.6 is 11.6 Å². The molecule has 1 amide bonds. The number of hydrogen-bond acceptors (Lipinski definition) is 9. The van der Waals surface area contributed by atoms with Crippen molar-refractivity contribution < 1.29 is 23.1 Å². The van der Waals surface area contributed by atoms with Crippen molar-refractivity contribution in [3.63, 3.8) is 0 Å². The van der Waals surface area contributed by atoms with Crippen LogP contribution in [0.1, 0.15) is 24.4 Å². The quantitative estimate of drug-likeness (QED) is 0.251. The Hall–Kier alpha value is -4.00. The van der Waals surface area contributed by atoms with Crippen LogP contribution in [0.25, 0.3) is 0 Å². The zero-order valence-corrected chi connectivity index (χ0v) is 24.3. The lowest BCUT2D eigenvalue weighted by Crippen LogP contribution is -2.31. The van der Waals surface area contributed by atoms with Gasteiger partial charge in [0.2, 0.25) is 5.91 Å². The number of likely N-dealkylation sites (N-methyl/N-ethyl adjacent to an activating group) is 1. The molecular weight excluding hydrogens is 568 g/mol. The van der Waals surface area contributed by atoms with Crippen LogP contribution in [0.15, 0.2) is 49.3 Å². The van der Waals surface area contributed by atoms with Crippen molar-refractivity contribution >= 4 is 46.2 Å². The predicted molar refractivity (Wildman–Crippen MR) is 159 cm³/mol. The van der Waals surface area contributed by atoms with Gasteiger partial charge < -0.3 is 25.2 Å². The lowest BCUT2D eigenvalue weighted by Gasteiger charge is -2.26. The molecule has 3 aromatic rings. The van der Waals surface area contributed by atoms with Crippen molar-refractivity contribution in [2.75, 3.05) is 61.5 Å². The molecule has 2 saturated heterocycles. The number of anilines is 5. The number of methoxy groups -OCH3 is 1. The van der Waals surface area contributed by atoms with E-state index < -0.39 is 22.7 Å². The molecule has 2 atom stereocenters. The SMILES string of the molecule is C=CC(=O)Nc1cc(Nc2cc(N3OCCC3c3ccc(F)c(Cl)c3F)ncn2)c(OC)cc1N1CCC(N(C)C)C1. The summed E-state index contributed by atoms with van der Waals surface area (Å²) >= 11 is 5.83. The van der Waals surface area contributed by atoms with Crippen LogP contribution in [0.3, 0.4) is 0 Å². The Bertz CT molecular complexity index is 1490. The van der Waals surface area contributed by atoms with Crippen molar-refractivity contribution in [2.24, 2.45) is 0 Å². The van der Waals surface area contributed by atoms with Crippen LogP contribution in [0.5, 0.6) is 5.75 Å². The maximum Gasteiger partial charge on any atom is 0.247 e. The first-order chi connectivity index (χ1) is 20.2. The Morgan fingerprint density at radius 3 is 2.74 bits per heavy atom. The highest BCUT2D eigenvalue weighted by Crippen LogP contribution is 2.41. The molecule has 0 spiro atoms. The molecule has 2 unspecified atom stereocenters. The fourth-order valence-electron chi connectivity index (χ4n) is 5.21. The number of carbonyl (C=O) groups is 1. The second-order valence-corrected chi connectivity index (χ2v) is 10.6. The topological polar surface area (TPSA) is 95.1 Å². The van der Waals surface area contributed by atoms with Crippen molar-refractivity contribution in [3.8, 4) is 5.75 Å². The lowest BCUT2D eigenvalue weighted by molar-refractivity contribution is -0.111. The minimum absolute atomic E-state index is 0.199. The van der Waals surface area contributed by atoms with Crippen LogP contribution in [-0.2, 0) is 9.63 Å². The van der Waals surface area contributed by atoms with Gasteiger partial charge in [-0.3, -0.25) is 9.63 Å². The Labute approximate surface area is 247 Å². The summed E-state index contributed by atoms with van der Waals surface area (Å²) in [5, 5.41) is 7.05. The summed E-state index contributed by atoms with van der Waals surface area (Å²) in [7, 11) is 5.67. The third-order valence-corrected chi connectivity index (χ3v) is 7.81. The highest BCUT2D eigenvalue weighted by molar-refractivity contribution is 6.31. The molecular formula is C29H32ClF2N7O3. The predicted octanol–water partition coefficient (Wildman–Crippen LogP) is 5.31. The number of nitrogens with zero attached hydrogens (tertiary/aromatic N) is 5. The van der Waals surface area contributed by atoms with Crippen LogP contribution in [0.2, 0.25) is 5.02 Å². The van der Waals surface area contributed by atoms with Gasteiger partial charge in [-0.2, -0.15) is 0 Å². The minimum atomic E-state index is -0.835. The summed E-state index contributed by atoms with van der Waals surface area (Å²) in [6, 6.07) is 7.59. The molecule has 0 radical (unpaired) electrons. The average molecular weight is 600 g/mol. The molecule has 2 aliphatic rings. The molecule has 2 fully saturated rings. The molecule has 2 aromatic carbocycles. The molecule has 2 aliphatic heterocycles. The fraction of sp³-hybridized carbons (Fsp3) is 0.345. The first-order valence-corrected chi connectivity index (χ1v) is 13.8. The molecule has 10 nitrogen and oxygen atoms in total. The Morgan fingerprint density at radius 2 is 2.02 bits per heavy atom. The number of rotatable bonds is 9. The highest BCUT2D eigenvalue weighted by atomic mass is 35.5. The number of hydrogen-bond donors (Lipinski definition) is 2. The number of ether oxygens (including phenoxy) is 1. The molecule has 0 bridgehead atoms. The minimum Gasteiger partial charge on any atom is -0.494 e. The van der Waals surface area contributed by atoms with Gasteiger partial charge in [-0.05, 0) is 38.7 Å². The van der Waals surface area contributed by atoms with Gasteiger partial charge in [0.15, 0.2) is 5.82 Å². The van der Waals surface area contributed by atoms with Crippen molar-refractivity contribution in [1.29, 1.82) is 0 Å². The van der Waals surface area contributed by atoms with Gasteiger partial charge in [0.25, 0.3) is 0 Å². The molecule has 42 heavy (non-hydrogen) atoms. The Balaban J connectivity index is 1.45. The van der Waals surface area contributed by atoms with E-state index in [-0.39, 0.29) is 11.5 Å². The Kier molecular flexibility index (Phi) is 8.76. The summed E-state index contributed by atoms with van der Waals surface area (Å²) in [6.45, 7) is 5.50. The van der Waals surface area contributed by atoms with Crippen LogP contribution in [0, 0.1) is 11.6 Å². The van der Waals surface area contributed by atoms with E-state index in [9.17, 15) is 13.6 Å². The van der Waals surface area contributed by atoms with Crippen LogP contribution < -0.4 is 25.3 Å². The van der Waals surface area contributed by atoms with E-state index in [1.54, 1.807) is 19.2 Å². The monoisotopic (exact) mass is 599 g/mol. The summed E-state index contributed by atoms with van der Waals surface area (Å²) in [5.41, 5.74) is 2.16. The number of halogens is 3. The van der Waals surface area contributed by atoms with E-state index in [0.717, 1.165) is 31.3 Å². The van der Waals surface area contributed by atoms with Crippen molar-refractivity contribution in [3.05, 3.63) is 71.5 Å². The second-order valence-electron chi connectivity index (χ2n) is 10.2. The maximum absolute atomic E-state index is 14.9. The summed E-state index contributed by atoms with van der Waals surface area (Å²) < 4.78 is 34.4. The van der Waals surface area contributed by atoms with Gasteiger partial charge in [-0.25, -0.2) is 23.8 Å². The van der Waals surface area contributed by atoms with Crippen molar-refractivity contribution in [1.82, 2.24) is 14.9 Å². The molecule has 3 heterocycles. The number of aromatic nitrogens is 2. The molecule has 13 heteroatoms. The number of carbonyl (C=O) groups excluding carboxylic acids is 1. The summed E-state index contributed by atoms with van der Waals surface area (Å²) in [6.07, 6.45) is 3.99. The number of benzene rings is 2. The first-order valence-electron chi connectivity index (χ1n) is 13.4. The highest BCUT2D eigenvalue weighted by Gasteiger charge is 2.33. The number of hydroxylamine groups is 1. The van der Waals surface area contributed by atoms with E-state index in [0.29, 0.717) is 47.8 Å². The van der Waals surface area contributed by atoms with Gasteiger partial charge in [0.05, 0.1) is 36.8 Å². The smallest absolute Gasteiger partial charge is 0.247 e. The number of amides is 1. The van der Waals surface area contributed by atoms with E-state index in [1.165, 1.54) is 23.5 Å². The lowest BCUT2D eigenvalue weighted by atomic mass is 10.0. The van der Waals surface area contributed by atoms with Gasteiger partial charge in [0, 0.05) is 43.2 Å². The van der Waals surface area contributed by atoms with E-state index in [4.69, 9.17) is 21.2 Å². The molecule has 1 aromatic heterocycles. The molecule has 5 rings (SSSR count). The standard InChI is InChI=1S/C29H32ClF2N7O3/c1-5-27(40)36-20-12-21(24(41-4)13-23(20)38-10-8-17(15-38)37(2)3)35-25-14-26(34-16-33-25)39-22(9-11-42-39)18-6-7-19(31)28(30)29(18)32/h5-7,12-14,16-17,22H,1,8-11,15H2,2-4H3,(H,36,40)(H,33,34,35). The van der Waals surface area contributed by atoms with E-state index >= 15 is 0 Å². The van der Waals surface area contributed by atoms with Gasteiger partial charge >= 0.3 is 0 Å². The number of nitrogens with one attached hydrogen (secondary N) is 2. The summed E-state index contributed by atoms with van der Waals surface area (Å²) in [4.78, 5) is 31.2. The molecule has 2 N–H and O–H groups in total. The summed E-state index contributed by atoms with van der Waals surface area (Å²) in [5.74, 6) is -0.717. The van der Waals surface area contributed by atoms with Crippen molar-refractivity contribution in [2.45, 2.75) is 24.9 Å². The zero-order valence-electron chi connectivity index (χ0n) is 23.5. The van der Waals surface area contributed by atoms with Crippen LogP contribution in [0.4, 0.5) is 37.5 Å². The van der Waals surface area contributed by atoms with Gasteiger partial charge in [-0.15, -0.1) is 0 Å². The zero-order chi connectivity index (χ0) is 30.0. The van der Waals surface area contributed by atoms with E-state index in [2.05, 4.69) is 51.1 Å². The van der Waals surface area contributed by atoms with Gasteiger partial charge in [-0.1, -0.05) is 24.2 Å². The largest absolute Gasteiger partial charge is 0.494 e. The van der Waals surface area contributed by atoms with E-state index in [1.807, 2.05) is 6.07 Å². The maximum atomic E-state index is 14.9. The normalized spacial score (nSPS) is 18.5.